The molecule has 1 unspecified atom stereocenters. The summed E-state index contributed by atoms with van der Waals surface area (Å²) >= 11 is 6.16. The van der Waals surface area contributed by atoms with Crippen molar-refractivity contribution in [3.63, 3.8) is 0 Å². The molecule has 0 aromatic heterocycles. The minimum atomic E-state index is -0.281. The second-order valence-corrected chi connectivity index (χ2v) is 5.58. The van der Waals surface area contributed by atoms with E-state index >= 15 is 0 Å². The number of nitrogens with one attached hydrogen (secondary N) is 2. The van der Waals surface area contributed by atoms with Crippen LogP contribution in [0.3, 0.4) is 0 Å². The average Bonchev–Trinajstić information content (AvgIpc) is 3.04. The van der Waals surface area contributed by atoms with Gasteiger partial charge in [-0.05, 0) is 17.7 Å². The normalized spacial score (nSPS) is 15.1. The van der Waals surface area contributed by atoms with Crippen LogP contribution in [0, 0.1) is 5.82 Å². The van der Waals surface area contributed by atoms with Crippen LogP contribution in [0.1, 0.15) is 17.2 Å². The number of aliphatic imine (C=N–C) groups is 1. The first-order chi connectivity index (χ1) is 10.7. The zero-order valence-corrected chi connectivity index (χ0v) is 12.8. The van der Waals surface area contributed by atoms with Crippen molar-refractivity contribution in [3.05, 3.63) is 70.5 Å². The van der Waals surface area contributed by atoms with Gasteiger partial charge in [0.2, 0.25) is 0 Å². The largest absolute Gasteiger partial charge is 0.355 e. The Kier molecular flexibility index (Phi) is 4.59. The number of hydrogen-bond acceptors (Lipinski definition) is 3. The molecule has 1 aliphatic rings. The summed E-state index contributed by atoms with van der Waals surface area (Å²) in [6.45, 7) is 1.58. The molecule has 2 N–H and O–H groups in total. The molecule has 0 radical (unpaired) electrons. The molecule has 0 bridgehead atoms. The number of hydrogen-bond donors (Lipinski definition) is 2. The van der Waals surface area contributed by atoms with Gasteiger partial charge >= 0.3 is 0 Å². The van der Waals surface area contributed by atoms with E-state index < -0.39 is 0 Å². The summed E-state index contributed by atoms with van der Waals surface area (Å²) in [6.07, 6.45) is 0.455. The zero-order chi connectivity index (χ0) is 15.4. The Labute approximate surface area is 134 Å². The first-order valence-electron chi connectivity index (χ1n) is 7.27. The van der Waals surface area contributed by atoms with Crippen LogP contribution in [0.4, 0.5) is 4.39 Å². The van der Waals surface area contributed by atoms with Gasteiger partial charge in [0.1, 0.15) is 5.82 Å². The fraction of sp³-hybridized carbons (Fsp3) is 0.235. The maximum absolute atomic E-state index is 14.1. The minimum absolute atomic E-state index is 0.0973. The van der Waals surface area contributed by atoms with Crippen LogP contribution in [-0.2, 0) is 6.42 Å². The highest BCUT2D eigenvalue weighted by molar-refractivity contribution is 6.31. The molecule has 1 atom stereocenters. The number of nitrogens with zero attached hydrogens (tertiary/aromatic N) is 1. The third-order valence-electron chi connectivity index (χ3n) is 3.66. The Morgan fingerprint density at radius 2 is 2.00 bits per heavy atom. The highest BCUT2D eigenvalue weighted by atomic mass is 35.5. The van der Waals surface area contributed by atoms with Gasteiger partial charge in [-0.1, -0.05) is 48.0 Å². The SMILES string of the molecule is Fc1cccc(Cl)c1CC(NC1=NCCN1)c1ccccc1. The predicted octanol–water partition coefficient (Wildman–Crippen LogP) is 3.31. The summed E-state index contributed by atoms with van der Waals surface area (Å²) < 4.78 is 14.1. The molecule has 0 saturated heterocycles. The van der Waals surface area contributed by atoms with E-state index in [4.69, 9.17) is 11.6 Å². The number of guanidine groups is 1. The van der Waals surface area contributed by atoms with Gasteiger partial charge in [0.15, 0.2) is 5.96 Å². The van der Waals surface area contributed by atoms with Crippen molar-refractivity contribution in [2.45, 2.75) is 12.5 Å². The smallest absolute Gasteiger partial charge is 0.191 e. The second-order valence-electron chi connectivity index (χ2n) is 5.17. The topological polar surface area (TPSA) is 36.4 Å². The molecule has 3 nitrogen and oxygen atoms in total. The fourth-order valence-electron chi connectivity index (χ4n) is 2.53. The van der Waals surface area contributed by atoms with E-state index in [-0.39, 0.29) is 11.9 Å². The Morgan fingerprint density at radius 1 is 1.18 bits per heavy atom. The minimum Gasteiger partial charge on any atom is -0.355 e. The molecular weight excluding hydrogens is 301 g/mol. The van der Waals surface area contributed by atoms with E-state index in [1.165, 1.54) is 6.07 Å². The molecule has 2 aromatic rings. The van der Waals surface area contributed by atoms with Crippen molar-refractivity contribution in [1.82, 2.24) is 10.6 Å². The summed E-state index contributed by atoms with van der Waals surface area (Å²) in [4.78, 5) is 4.36. The molecule has 3 rings (SSSR count). The third-order valence-corrected chi connectivity index (χ3v) is 4.01. The highest BCUT2D eigenvalue weighted by Gasteiger charge is 2.19. The highest BCUT2D eigenvalue weighted by Crippen LogP contribution is 2.26. The lowest BCUT2D eigenvalue weighted by Crippen LogP contribution is -2.37. The monoisotopic (exact) mass is 317 g/mol. The zero-order valence-electron chi connectivity index (χ0n) is 12.0. The Morgan fingerprint density at radius 3 is 2.68 bits per heavy atom. The fourth-order valence-corrected chi connectivity index (χ4v) is 2.77. The Hall–Kier alpha value is -2.07. The molecule has 0 spiro atoms. The summed E-state index contributed by atoms with van der Waals surface area (Å²) in [6, 6.07) is 14.6. The summed E-state index contributed by atoms with van der Waals surface area (Å²) in [5.74, 6) is 0.470. The number of halogens is 2. The van der Waals surface area contributed by atoms with Gasteiger partial charge < -0.3 is 10.6 Å². The molecular formula is C17H17ClFN3. The molecule has 0 amide bonds. The average molecular weight is 318 g/mol. The van der Waals surface area contributed by atoms with Crippen molar-refractivity contribution in [2.75, 3.05) is 13.1 Å². The molecule has 114 valence electrons. The van der Waals surface area contributed by atoms with Crippen molar-refractivity contribution in [3.8, 4) is 0 Å². The van der Waals surface area contributed by atoms with Crippen LogP contribution in [0.5, 0.6) is 0 Å². The van der Waals surface area contributed by atoms with Gasteiger partial charge in [-0.3, -0.25) is 4.99 Å². The van der Waals surface area contributed by atoms with Gasteiger partial charge in [0, 0.05) is 23.6 Å². The van der Waals surface area contributed by atoms with Crippen molar-refractivity contribution in [2.24, 2.45) is 4.99 Å². The van der Waals surface area contributed by atoms with Crippen LogP contribution in [0.15, 0.2) is 53.5 Å². The molecule has 2 aromatic carbocycles. The lowest BCUT2D eigenvalue weighted by Gasteiger charge is -2.21. The van der Waals surface area contributed by atoms with Crippen LogP contribution < -0.4 is 10.6 Å². The Balaban J connectivity index is 1.88. The van der Waals surface area contributed by atoms with E-state index in [1.54, 1.807) is 12.1 Å². The molecule has 0 aliphatic carbocycles. The molecule has 1 aliphatic heterocycles. The molecule has 0 fully saturated rings. The lowest BCUT2D eigenvalue weighted by molar-refractivity contribution is 0.574. The summed E-state index contributed by atoms with van der Waals surface area (Å²) in [5.41, 5.74) is 1.59. The maximum Gasteiger partial charge on any atom is 0.191 e. The first kappa shape index (κ1) is 14.9. The molecule has 22 heavy (non-hydrogen) atoms. The Bertz CT molecular complexity index is 653. The molecule has 1 heterocycles. The third kappa shape index (κ3) is 3.39. The number of rotatable bonds is 4. The van der Waals surface area contributed by atoms with Gasteiger partial charge in [0.25, 0.3) is 0 Å². The van der Waals surface area contributed by atoms with E-state index in [2.05, 4.69) is 15.6 Å². The summed E-state index contributed by atoms with van der Waals surface area (Å²) in [5, 5.41) is 6.98. The molecule has 5 heteroatoms. The van der Waals surface area contributed by atoms with E-state index in [0.717, 1.165) is 24.6 Å². The predicted molar refractivity (Wildman–Crippen MR) is 87.7 cm³/mol. The van der Waals surface area contributed by atoms with Crippen molar-refractivity contribution in [1.29, 1.82) is 0 Å². The van der Waals surface area contributed by atoms with E-state index in [0.29, 0.717) is 17.0 Å². The molecule has 0 saturated carbocycles. The number of benzene rings is 2. The standard InChI is InChI=1S/C17H17ClFN3/c18-14-7-4-8-15(19)13(14)11-16(12-5-2-1-3-6-12)22-17-20-9-10-21-17/h1-8,16H,9-11H2,(H2,20,21,22). The van der Waals surface area contributed by atoms with Crippen molar-refractivity contribution >= 4 is 17.6 Å². The van der Waals surface area contributed by atoms with E-state index in [1.807, 2.05) is 30.3 Å². The van der Waals surface area contributed by atoms with Crippen LogP contribution in [-0.4, -0.2) is 19.0 Å². The second kappa shape index (κ2) is 6.79. The van der Waals surface area contributed by atoms with E-state index in [9.17, 15) is 4.39 Å². The summed E-state index contributed by atoms with van der Waals surface area (Å²) in [7, 11) is 0. The van der Waals surface area contributed by atoms with Crippen LogP contribution >= 0.6 is 11.6 Å². The van der Waals surface area contributed by atoms with Gasteiger partial charge in [0.05, 0.1) is 12.6 Å². The van der Waals surface area contributed by atoms with Gasteiger partial charge in [-0.15, -0.1) is 0 Å². The van der Waals surface area contributed by atoms with Crippen molar-refractivity contribution < 1.29 is 4.39 Å². The van der Waals surface area contributed by atoms with Gasteiger partial charge in [-0.2, -0.15) is 0 Å². The van der Waals surface area contributed by atoms with Gasteiger partial charge in [-0.25, -0.2) is 4.39 Å². The lowest BCUT2D eigenvalue weighted by atomic mass is 9.98. The van der Waals surface area contributed by atoms with Crippen LogP contribution in [0.25, 0.3) is 0 Å². The quantitative estimate of drug-likeness (QED) is 0.907. The first-order valence-corrected chi connectivity index (χ1v) is 7.64. The maximum atomic E-state index is 14.1. The van der Waals surface area contributed by atoms with Crippen LogP contribution in [0.2, 0.25) is 5.02 Å².